The summed E-state index contributed by atoms with van der Waals surface area (Å²) >= 11 is 0. The first-order chi connectivity index (χ1) is 17.5. The van der Waals surface area contributed by atoms with E-state index in [1.807, 2.05) is 24.3 Å². The fraction of sp³-hybridized carbons (Fsp3) is 0.464. The second-order valence-electron chi connectivity index (χ2n) is 11.6. The van der Waals surface area contributed by atoms with Crippen molar-refractivity contribution in [1.82, 2.24) is 4.72 Å². The Bertz CT molecular complexity index is 1490. The molecule has 3 aromatic rings. The number of hydrogen-bond acceptors (Lipinski definition) is 6. The van der Waals surface area contributed by atoms with E-state index in [2.05, 4.69) is 25.5 Å². The standard InChI is InChI=1S/C28H32BNO6S.ClH/c1-17(31)18-8-7-9-21(12-18)37(32,33)30-26(13-19-16-34-23-11-6-5-10-22(19)23)29-35-25-15-20-14-24(27(20,2)3)28(25,4)36-29;/h5-12,16,20,24-26,30H,13-15H2,1-4H3;1H/t20-,24-,25+,26-,28-;/m0./s1. The molecule has 3 aliphatic carbocycles. The van der Waals surface area contributed by atoms with Gasteiger partial charge in [-0.2, -0.15) is 0 Å². The average molecular weight is 558 g/mol. The summed E-state index contributed by atoms with van der Waals surface area (Å²) in [6, 6.07) is 13.8. The van der Waals surface area contributed by atoms with E-state index in [0.717, 1.165) is 29.4 Å². The molecule has 1 N–H and O–H groups in total. The molecule has 0 unspecified atom stereocenters. The molecule has 2 heterocycles. The predicted molar refractivity (Wildman–Crippen MR) is 148 cm³/mol. The Hall–Kier alpha value is -2.17. The Balaban J connectivity index is 0.00000294. The molecule has 1 aromatic heterocycles. The summed E-state index contributed by atoms with van der Waals surface area (Å²) in [6.07, 6.45) is 3.94. The van der Waals surface area contributed by atoms with Crippen LogP contribution in [-0.2, 0) is 25.8 Å². The van der Waals surface area contributed by atoms with Crippen LogP contribution in [0.3, 0.4) is 0 Å². The summed E-state index contributed by atoms with van der Waals surface area (Å²) in [5.74, 6) is 0.0440. The van der Waals surface area contributed by atoms with Crippen LogP contribution in [0.4, 0.5) is 0 Å². The van der Waals surface area contributed by atoms with E-state index in [1.165, 1.54) is 19.1 Å². The number of furan rings is 1. The largest absolute Gasteiger partial charge is 0.477 e. The van der Waals surface area contributed by atoms with Gasteiger partial charge >= 0.3 is 7.12 Å². The van der Waals surface area contributed by atoms with Crippen LogP contribution in [0.1, 0.15) is 56.5 Å². The number of carbonyl (C=O) groups is 1. The van der Waals surface area contributed by atoms with Crippen LogP contribution in [0.25, 0.3) is 11.0 Å². The van der Waals surface area contributed by atoms with Gasteiger partial charge in [-0.25, -0.2) is 13.1 Å². The number of halogens is 1. The van der Waals surface area contributed by atoms with Gasteiger partial charge in [0.1, 0.15) is 5.58 Å². The van der Waals surface area contributed by atoms with Crippen molar-refractivity contribution >= 4 is 46.3 Å². The van der Waals surface area contributed by atoms with Crippen LogP contribution in [0, 0.1) is 17.3 Å². The van der Waals surface area contributed by atoms with E-state index in [-0.39, 0.29) is 34.6 Å². The van der Waals surface area contributed by atoms with Gasteiger partial charge in [-0.15, -0.1) is 12.4 Å². The average Bonchev–Trinajstić information content (AvgIpc) is 3.44. The van der Waals surface area contributed by atoms with Crippen LogP contribution < -0.4 is 4.72 Å². The highest BCUT2D eigenvalue weighted by molar-refractivity contribution is 7.89. The van der Waals surface area contributed by atoms with E-state index in [9.17, 15) is 13.2 Å². The lowest BCUT2D eigenvalue weighted by atomic mass is 9.43. The minimum absolute atomic E-state index is 0. The molecule has 2 aromatic carbocycles. The first-order valence-corrected chi connectivity index (χ1v) is 14.4. The molecule has 38 heavy (non-hydrogen) atoms. The summed E-state index contributed by atoms with van der Waals surface area (Å²) in [5.41, 5.74) is 1.66. The number of benzene rings is 2. The Morgan fingerprint density at radius 1 is 1.13 bits per heavy atom. The number of carbonyl (C=O) groups excluding carboxylic acids is 1. The van der Waals surface area contributed by atoms with Crippen LogP contribution in [0.15, 0.2) is 64.1 Å². The van der Waals surface area contributed by atoms with Gasteiger partial charge in [-0.1, -0.05) is 44.2 Å². The summed E-state index contributed by atoms with van der Waals surface area (Å²) in [6.45, 7) is 8.13. The van der Waals surface area contributed by atoms with E-state index in [4.69, 9.17) is 13.7 Å². The third-order valence-electron chi connectivity index (χ3n) is 9.16. The van der Waals surface area contributed by atoms with Crippen molar-refractivity contribution in [3.63, 3.8) is 0 Å². The van der Waals surface area contributed by atoms with Crippen LogP contribution >= 0.6 is 12.4 Å². The van der Waals surface area contributed by atoms with Crippen molar-refractivity contribution in [3.8, 4) is 0 Å². The molecule has 4 aliphatic rings. The number of nitrogens with one attached hydrogen (secondary N) is 1. The third-order valence-corrected chi connectivity index (χ3v) is 10.6. The third kappa shape index (κ3) is 4.33. The normalized spacial score (nSPS) is 28.3. The number of fused-ring (bicyclic) bond motifs is 1. The van der Waals surface area contributed by atoms with Crippen molar-refractivity contribution in [2.24, 2.45) is 17.3 Å². The zero-order valence-corrected chi connectivity index (χ0v) is 23.6. The van der Waals surface area contributed by atoms with Gasteiger partial charge in [0.25, 0.3) is 0 Å². The Labute approximate surface area is 230 Å². The molecule has 3 saturated carbocycles. The minimum atomic E-state index is -3.98. The zero-order chi connectivity index (χ0) is 26.2. The maximum absolute atomic E-state index is 13.6. The van der Waals surface area contributed by atoms with Gasteiger partial charge in [0.2, 0.25) is 10.0 Å². The highest BCUT2D eigenvalue weighted by atomic mass is 35.5. The first kappa shape index (κ1) is 27.4. The summed E-state index contributed by atoms with van der Waals surface area (Å²) < 4.78 is 48.9. The topological polar surface area (TPSA) is 94.8 Å². The fourth-order valence-corrected chi connectivity index (χ4v) is 8.11. The van der Waals surface area contributed by atoms with Crippen LogP contribution in [-0.4, -0.2) is 39.0 Å². The number of ketones is 1. The predicted octanol–water partition coefficient (Wildman–Crippen LogP) is 5.21. The lowest BCUT2D eigenvalue weighted by molar-refractivity contribution is -0.199. The second-order valence-corrected chi connectivity index (χ2v) is 13.3. The fourth-order valence-electron chi connectivity index (χ4n) is 6.84. The van der Waals surface area contributed by atoms with Crippen LogP contribution in [0.5, 0.6) is 0 Å². The molecule has 4 fully saturated rings. The minimum Gasteiger partial charge on any atom is -0.464 e. The first-order valence-electron chi connectivity index (χ1n) is 12.9. The summed E-state index contributed by atoms with van der Waals surface area (Å²) in [7, 11) is -4.74. The molecule has 1 aliphatic heterocycles. The molecule has 5 atom stereocenters. The molecule has 0 spiro atoms. The van der Waals surface area contributed by atoms with Gasteiger partial charge in [-0.05, 0) is 74.1 Å². The van der Waals surface area contributed by atoms with Gasteiger partial charge in [0.15, 0.2) is 5.78 Å². The molecule has 0 radical (unpaired) electrons. The molecular weight excluding hydrogens is 525 g/mol. The smallest absolute Gasteiger partial charge is 0.464 e. The van der Waals surface area contributed by atoms with Gasteiger partial charge in [0, 0.05) is 10.9 Å². The maximum atomic E-state index is 13.6. The van der Waals surface area contributed by atoms with Crippen molar-refractivity contribution in [2.75, 3.05) is 0 Å². The molecule has 1 saturated heterocycles. The molecule has 7 nitrogen and oxygen atoms in total. The van der Waals surface area contributed by atoms with Crippen molar-refractivity contribution in [1.29, 1.82) is 0 Å². The Morgan fingerprint density at radius 2 is 1.89 bits per heavy atom. The van der Waals surface area contributed by atoms with Gasteiger partial charge in [-0.3, -0.25) is 4.79 Å². The number of Topliss-reactive ketones (excluding diaryl/α,β-unsaturated/α-hetero) is 1. The quantitative estimate of drug-likeness (QED) is 0.316. The summed E-state index contributed by atoms with van der Waals surface area (Å²) in [5, 5.41) is 0.926. The Kier molecular flexibility index (Phi) is 6.84. The van der Waals surface area contributed by atoms with Gasteiger partial charge in [0.05, 0.1) is 28.8 Å². The number of hydrogen-bond donors (Lipinski definition) is 1. The maximum Gasteiger partial charge on any atom is 0.477 e. The molecule has 0 amide bonds. The molecule has 2 bridgehead atoms. The molecule has 10 heteroatoms. The second kappa shape index (κ2) is 9.49. The molecule has 202 valence electrons. The molecule has 7 rings (SSSR count). The monoisotopic (exact) mass is 557 g/mol. The number of sulfonamides is 1. The number of para-hydroxylation sites is 1. The van der Waals surface area contributed by atoms with E-state index in [0.29, 0.717) is 23.8 Å². The van der Waals surface area contributed by atoms with Gasteiger partial charge < -0.3 is 13.7 Å². The molecular formula is C28H33BClNO6S. The van der Waals surface area contributed by atoms with E-state index < -0.39 is 28.7 Å². The zero-order valence-electron chi connectivity index (χ0n) is 22.0. The lowest BCUT2D eigenvalue weighted by Gasteiger charge is -2.64. The van der Waals surface area contributed by atoms with Crippen molar-refractivity contribution < 1.29 is 26.9 Å². The highest BCUT2D eigenvalue weighted by Crippen LogP contribution is 2.65. The Morgan fingerprint density at radius 3 is 2.63 bits per heavy atom. The SMILES string of the molecule is CC(=O)c1cccc(S(=O)(=O)N[C@@H](Cc2coc3ccccc23)B2O[C@@H]3C[C@@H]4C[C@@H](C4(C)C)[C@]3(C)O2)c1.Cl. The number of rotatable bonds is 7. The summed E-state index contributed by atoms with van der Waals surface area (Å²) in [4.78, 5) is 11.9. The van der Waals surface area contributed by atoms with Crippen LogP contribution in [0.2, 0.25) is 0 Å². The van der Waals surface area contributed by atoms with Crippen molar-refractivity contribution in [2.45, 2.75) is 69.5 Å². The van der Waals surface area contributed by atoms with E-state index >= 15 is 0 Å². The lowest BCUT2D eigenvalue weighted by Crippen LogP contribution is -2.65. The highest BCUT2D eigenvalue weighted by Gasteiger charge is 2.68. The van der Waals surface area contributed by atoms with E-state index in [1.54, 1.807) is 18.4 Å². The van der Waals surface area contributed by atoms with Crippen molar-refractivity contribution in [3.05, 3.63) is 65.9 Å².